The Morgan fingerprint density at radius 2 is 1.48 bits per heavy atom. The van der Waals surface area contributed by atoms with Crippen molar-refractivity contribution in [2.45, 2.75) is 11.8 Å². The fraction of sp³-hybridized carbons (Fsp3) is 0.136. The topological polar surface area (TPSA) is 64.3 Å². The van der Waals surface area contributed by atoms with Crippen LogP contribution in [0.5, 0.6) is 0 Å². The van der Waals surface area contributed by atoms with Gasteiger partial charge in [0.05, 0.1) is 23.7 Å². The number of hydrogen-bond donors (Lipinski definition) is 0. The van der Waals surface area contributed by atoms with E-state index in [0.717, 1.165) is 5.56 Å². The summed E-state index contributed by atoms with van der Waals surface area (Å²) in [4.78, 5) is 2.05. The second kappa shape index (κ2) is 8.73. The highest BCUT2D eigenvalue weighted by Crippen LogP contribution is 2.29. The van der Waals surface area contributed by atoms with Crippen LogP contribution in [0, 0.1) is 6.92 Å². The summed E-state index contributed by atoms with van der Waals surface area (Å²) in [5.74, 6) is 0. The molecule has 0 saturated carbocycles. The lowest BCUT2D eigenvalue weighted by molar-refractivity contribution is -0.627. The maximum atomic E-state index is 10.4. The molecule has 1 aromatic heterocycles. The molecular formula is C22H22N2O3S2. The van der Waals surface area contributed by atoms with Gasteiger partial charge in [0, 0.05) is 0 Å². The van der Waals surface area contributed by atoms with Crippen molar-refractivity contribution >= 4 is 42.5 Å². The Labute approximate surface area is 175 Å². The Bertz CT molecular complexity index is 1200. The van der Waals surface area contributed by atoms with Gasteiger partial charge in [0.15, 0.2) is 0 Å². The number of nitrogens with zero attached hydrogens (tertiary/aromatic N) is 2. The molecule has 0 aliphatic heterocycles. The number of anilines is 2. The van der Waals surface area contributed by atoms with Crippen LogP contribution in [0.4, 0.5) is 10.8 Å². The molecule has 0 bridgehead atoms. The Hall–Kier alpha value is -2.74. The maximum absolute atomic E-state index is 10.4. The molecule has 1 heterocycles. The Balaban J connectivity index is 0.000000188. The first-order chi connectivity index (χ1) is 13.8. The van der Waals surface area contributed by atoms with E-state index in [1.165, 1.54) is 33.2 Å². The summed E-state index contributed by atoms with van der Waals surface area (Å²) < 4.78 is 34.7. The predicted octanol–water partition coefficient (Wildman–Crippen LogP) is 4.39. The van der Waals surface area contributed by atoms with Gasteiger partial charge in [-0.05, 0) is 54.7 Å². The molecule has 150 valence electrons. The number of fused-ring (bicyclic) bond motifs is 1. The fourth-order valence-electron chi connectivity index (χ4n) is 2.85. The van der Waals surface area contributed by atoms with Crippen molar-refractivity contribution in [3.8, 4) is 0 Å². The normalized spacial score (nSPS) is 11.0. The van der Waals surface area contributed by atoms with E-state index in [0.29, 0.717) is 0 Å². The molecule has 29 heavy (non-hydrogen) atoms. The van der Waals surface area contributed by atoms with Crippen LogP contribution in [0.2, 0.25) is 0 Å². The molecule has 0 radical (unpaired) electrons. The quantitative estimate of drug-likeness (QED) is 0.360. The van der Waals surface area contributed by atoms with E-state index in [9.17, 15) is 13.0 Å². The molecule has 4 rings (SSSR count). The molecule has 0 atom stereocenters. The van der Waals surface area contributed by atoms with Gasteiger partial charge < -0.3 is 4.55 Å². The smallest absolute Gasteiger partial charge is 0.341 e. The molecule has 0 aliphatic rings. The fourth-order valence-corrected chi connectivity index (χ4v) is 4.45. The van der Waals surface area contributed by atoms with Gasteiger partial charge in [0.2, 0.25) is 0 Å². The monoisotopic (exact) mass is 426 g/mol. The Morgan fingerprint density at radius 1 is 0.897 bits per heavy atom. The van der Waals surface area contributed by atoms with Crippen LogP contribution >= 0.6 is 11.3 Å². The van der Waals surface area contributed by atoms with Crippen LogP contribution in [-0.2, 0) is 17.2 Å². The van der Waals surface area contributed by atoms with Crippen molar-refractivity contribution < 1.29 is 17.5 Å². The average Bonchev–Trinajstić information content (AvgIpc) is 3.05. The molecule has 0 unspecified atom stereocenters. The molecule has 0 spiro atoms. The first-order valence-electron chi connectivity index (χ1n) is 8.96. The Kier molecular flexibility index (Phi) is 6.32. The van der Waals surface area contributed by atoms with E-state index in [1.807, 2.05) is 24.3 Å². The molecular weight excluding hydrogens is 404 g/mol. The predicted molar refractivity (Wildman–Crippen MR) is 117 cm³/mol. The van der Waals surface area contributed by atoms with Gasteiger partial charge in [-0.1, -0.05) is 48.0 Å². The minimum Gasteiger partial charge on any atom is -0.744 e. The second-order valence-corrected chi connectivity index (χ2v) is 8.96. The van der Waals surface area contributed by atoms with Crippen molar-refractivity contribution in [3.63, 3.8) is 0 Å². The number of thiazole rings is 1. The van der Waals surface area contributed by atoms with E-state index in [1.54, 1.807) is 12.1 Å². The summed E-state index contributed by atoms with van der Waals surface area (Å²) in [6.45, 7) is 1.82. The third kappa shape index (κ3) is 5.00. The van der Waals surface area contributed by atoms with E-state index >= 15 is 0 Å². The largest absolute Gasteiger partial charge is 0.744 e. The van der Waals surface area contributed by atoms with Crippen molar-refractivity contribution in [1.82, 2.24) is 0 Å². The third-order valence-electron chi connectivity index (χ3n) is 4.45. The molecule has 0 fully saturated rings. The van der Waals surface area contributed by atoms with Crippen molar-refractivity contribution in [2.24, 2.45) is 7.05 Å². The lowest BCUT2D eigenvalue weighted by Gasteiger charge is -2.09. The average molecular weight is 427 g/mol. The van der Waals surface area contributed by atoms with E-state index in [4.69, 9.17) is 0 Å². The maximum Gasteiger partial charge on any atom is 0.341 e. The summed E-state index contributed by atoms with van der Waals surface area (Å²) in [7, 11) is -0.0398. The van der Waals surface area contributed by atoms with E-state index in [-0.39, 0.29) is 4.90 Å². The van der Waals surface area contributed by atoms with Crippen LogP contribution in [-0.4, -0.2) is 20.0 Å². The molecule has 5 nitrogen and oxygen atoms in total. The number of aromatic nitrogens is 1. The van der Waals surface area contributed by atoms with Crippen molar-refractivity contribution in [1.29, 1.82) is 0 Å². The summed E-state index contributed by atoms with van der Waals surface area (Å²) >= 11 is 1.82. The van der Waals surface area contributed by atoms with Crippen molar-refractivity contribution in [3.05, 3.63) is 84.4 Å². The van der Waals surface area contributed by atoms with Gasteiger partial charge in [0.1, 0.15) is 21.3 Å². The first kappa shape index (κ1) is 21.0. The lowest BCUT2D eigenvalue weighted by atomic mass is 10.2. The summed E-state index contributed by atoms with van der Waals surface area (Å²) in [6, 6.07) is 24.7. The molecule has 0 saturated heterocycles. The van der Waals surface area contributed by atoms with E-state index in [2.05, 4.69) is 72.1 Å². The van der Waals surface area contributed by atoms with Crippen LogP contribution in [0.3, 0.4) is 0 Å². The summed E-state index contributed by atoms with van der Waals surface area (Å²) in [5, 5.41) is 1.24. The Morgan fingerprint density at radius 3 is 2.07 bits per heavy atom. The van der Waals surface area contributed by atoms with Gasteiger partial charge in [-0.15, -0.1) is 0 Å². The number of hydrogen-bond acceptors (Lipinski definition) is 5. The minimum atomic E-state index is -4.27. The number of benzene rings is 3. The second-order valence-electron chi connectivity index (χ2n) is 6.57. The van der Waals surface area contributed by atoms with Crippen LogP contribution in [0.1, 0.15) is 5.56 Å². The van der Waals surface area contributed by atoms with Gasteiger partial charge in [-0.2, -0.15) is 0 Å². The molecule has 0 N–H and O–H groups in total. The van der Waals surface area contributed by atoms with Crippen LogP contribution in [0.15, 0.2) is 83.8 Å². The molecule has 7 heteroatoms. The molecule has 3 aromatic carbocycles. The zero-order valence-corrected chi connectivity index (χ0v) is 18.1. The number of rotatable bonds is 3. The molecule has 4 aromatic rings. The number of para-hydroxylation sites is 2. The van der Waals surface area contributed by atoms with Crippen LogP contribution < -0.4 is 9.47 Å². The van der Waals surface area contributed by atoms with Gasteiger partial charge in [0.25, 0.3) is 0 Å². The van der Waals surface area contributed by atoms with Crippen molar-refractivity contribution in [2.75, 3.05) is 11.9 Å². The zero-order chi connectivity index (χ0) is 21.0. The van der Waals surface area contributed by atoms with E-state index < -0.39 is 10.1 Å². The third-order valence-corrected chi connectivity index (χ3v) is 6.60. The first-order valence-corrected chi connectivity index (χ1v) is 11.2. The standard InChI is InChI=1S/C15H15N2S.C7H8O3S/c1-16(12-8-4-3-5-9-12)15-17(2)13-10-6-7-11-14(13)18-15;1-6-2-4-7(5-3-6)11(8,9)10/h3-11H,1-2H3;2-5H,1H3,(H,8,9,10)/q+1;/p-1. The van der Waals surface area contributed by atoms with Gasteiger partial charge >= 0.3 is 5.13 Å². The lowest BCUT2D eigenvalue weighted by Crippen LogP contribution is -2.32. The molecule has 0 amide bonds. The van der Waals surface area contributed by atoms with Gasteiger partial charge in [-0.25, -0.2) is 17.9 Å². The highest BCUT2D eigenvalue weighted by molar-refractivity contribution is 7.85. The zero-order valence-electron chi connectivity index (χ0n) is 16.4. The minimum absolute atomic E-state index is 0.178. The summed E-state index contributed by atoms with van der Waals surface area (Å²) in [5.41, 5.74) is 3.41. The highest BCUT2D eigenvalue weighted by Gasteiger charge is 2.20. The highest BCUT2D eigenvalue weighted by atomic mass is 32.2. The van der Waals surface area contributed by atoms with Crippen LogP contribution in [0.25, 0.3) is 10.2 Å². The number of aryl methyl sites for hydroxylation is 2. The molecule has 0 aliphatic carbocycles. The van der Waals surface area contributed by atoms with Gasteiger partial charge in [-0.3, -0.25) is 0 Å². The SMILES string of the molecule is CN(c1ccccc1)c1sc2ccccc2[n+]1C.Cc1ccc(S(=O)(=O)[O-])cc1. The summed E-state index contributed by atoms with van der Waals surface area (Å²) in [6.07, 6.45) is 0.